The smallest absolute Gasteiger partial charge is 0.180 e. The molecule has 0 aliphatic rings. The largest absolute Gasteiger partial charge is 0.386 e. The lowest BCUT2D eigenvalue weighted by Crippen LogP contribution is -2.09. The van der Waals surface area contributed by atoms with Gasteiger partial charge in [0, 0.05) is 12.7 Å². The summed E-state index contributed by atoms with van der Waals surface area (Å²) >= 11 is 1.26. The van der Waals surface area contributed by atoms with Crippen LogP contribution in [0.25, 0.3) is 0 Å². The number of aliphatic hydroxyl groups excluding tert-OH is 1. The molecular weight excluding hydrogens is 150 g/mol. The van der Waals surface area contributed by atoms with E-state index in [0.717, 1.165) is 4.88 Å². The molecule has 1 aromatic heterocycles. The van der Waals surface area contributed by atoms with Gasteiger partial charge >= 0.3 is 0 Å². The van der Waals surface area contributed by atoms with Gasteiger partial charge in [0.25, 0.3) is 0 Å². The van der Waals surface area contributed by atoms with Gasteiger partial charge in [0.2, 0.25) is 0 Å². The zero-order chi connectivity index (χ0) is 7.56. The van der Waals surface area contributed by atoms with Crippen LogP contribution in [-0.2, 0) is 0 Å². The molecule has 0 aliphatic heterocycles. The second-order valence-corrected chi connectivity index (χ2v) is 2.95. The molecule has 0 amide bonds. The number of hydrogen-bond acceptors (Lipinski definition) is 5. The first-order chi connectivity index (χ1) is 4.74. The van der Waals surface area contributed by atoms with Crippen molar-refractivity contribution in [2.24, 2.45) is 5.73 Å². The normalized spacial score (nSPS) is 13.4. The van der Waals surface area contributed by atoms with Crippen molar-refractivity contribution in [3.63, 3.8) is 0 Å². The van der Waals surface area contributed by atoms with Crippen LogP contribution in [0.4, 0.5) is 5.13 Å². The average molecular weight is 159 g/mol. The molecule has 0 aromatic carbocycles. The monoisotopic (exact) mass is 159 g/mol. The Morgan fingerprint density at radius 3 is 2.90 bits per heavy atom. The van der Waals surface area contributed by atoms with Crippen molar-refractivity contribution in [1.82, 2.24) is 4.98 Å². The predicted octanol–water partition coefficient (Wildman–Crippen LogP) is -0.283. The van der Waals surface area contributed by atoms with E-state index in [9.17, 15) is 0 Å². The van der Waals surface area contributed by atoms with Crippen LogP contribution in [0.1, 0.15) is 11.0 Å². The Bertz CT molecular complexity index is 212. The lowest BCUT2D eigenvalue weighted by atomic mass is 10.3. The Morgan fingerprint density at radius 2 is 2.50 bits per heavy atom. The van der Waals surface area contributed by atoms with Crippen molar-refractivity contribution in [1.29, 1.82) is 0 Å². The van der Waals surface area contributed by atoms with Crippen LogP contribution in [0.2, 0.25) is 0 Å². The molecule has 4 nitrogen and oxygen atoms in total. The van der Waals surface area contributed by atoms with E-state index in [4.69, 9.17) is 16.6 Å². The number of rotatable bonds is 2. The first-order valence-corrected chi connectivity index (χ1v) is 3.65. The predicted molar refractivity (Wildman–Crippen MR) is 40.5 cm³/mol. The summed E-state index contributed by atoms with van der Waals surface area (Å²) in [5.74, 6) is 0. The van der Waals surface area contributed by atoms with Crippen molar-refractivity contribution in [3.05, 3.63) is 11.1 Å². The molecule has 10 heavy (non-hydrogen) atoms. The minimum absolute atomic E-state index is 0.210. The molecule has 1 unspecified atom stereocenters. The van der Waals surface area contributed by atoms with E-state index < -0.39 is 6.10 Å². The van der Waals surface area contributed by atoms with E-state index in [1.54, 1.807) is 0 Å². The van der Waals surface area contributed by atoms with Crippen LogP contribution in [0.15, 0.2) is 6.20 Å². The van der Waals surface area contributed by atoms with Gasteiger partial charge < -0.3 is 16.6 Å². The molecule has 0 spiro atoms. The molecule has 1 heterocycles. The highest BCUT2D eigenvalue weighted by atomic mass is 32.1. The summed E-state index contributed by atoms with van der Waals surface area (Å²) in [6.45, 7) is 0.210. The summed E-state index contributed by atoms with van der Waals surface area (Å²) in [7, 11) is 0. The van der Waals surface area contributed by atoms with Crippen LogP contribution in [0, 0.1) is 0 Å². The van der Waals surface area contributed by atoms with Crippen molar-refractivity contribution >= 4 is 16.5 Å². The molecule has 5 N–H and O–H groups in total. The summed E-state index contributed by atoms with van der Waals surface area (Å²) in [6.07, 6.45) is 0.923. The number of aliphatic hydroxyl groups is 1. The van der Waals surface area contributed by atoms with Crippen LogP contribution in [0.5, 0.6) is 0 Å². The molecule has 56 valence electrons. The third kappa shape index (κ3) is 1.44. The van der Waals surface area contributed by atoms with E-state index in [0.29, 0.717) is 5.13 Å². The zero-order valence-corrected chi connectivity index (χ0v) is 6.14. The lowest BCUT2D eigenvalue weighted by Gasteiger charge is -2.00. The van der Waals surface area contributed by atoms with Crippen molar-refractivity contribution in [2.45, 2.75) is 6.10 Å². The summed E-state index contributed by atoms with van der Waals surface area (Å²) in [5.41, 5.74) is 10.5. The molecule has 5 heteroatoms. The number of nitrogens with zero attached hydrogens (tertiary/aromatic N) is 1. The third-order valence-corrected chi connectivity index (χ3v) is 2.02. The van der Waals surface area contributed by atoms with Gasteiger partial charge in [0.1, 0.15) is 6.10 Å². The third-order valence-electron chi connectivity index (χ3n) is 1.09. The quantitative estimate of drug-likeness (QED) is 0.554. The Hall–Kier alpha value is -0.650. The number of aromatic nitrogens is 1. The molecule has 1 aromatic rings. The van der Waals surface area contributed by atoms with Crippen LogP contribution in [-0.4, -0.2) is 16.6 Å². The summed E-state index contributed by atoms with van der Waals surface area (Å²) in [6, 6.07) is 0. The standard InChI is InChI=1S/C5H9N3OS/c6-1-3(9)4-2-8-5(7)10-4/h2-3,9H,1,6H2,(H2,7,8). The summed E-state index contributed by atoms with van der Waals surface area (Å²) < 4.78 is 0. The van der Waals surface area contributed by atoms with Gasteiger partial charge in [-0.25, -0.2) is 4.98 Å². The highest BCUT2D eigenvalue weighted by Crippen LogP contribution is 2.20. The minimum Gasteiger partial charge on any atom is -0.386 e. The van der Waals surface area contributed by atoms with Crippen LogP contribution in [0.3, 0.4) is 0 Å². The lowest BCUT2D eigenvalue weighted by molar-refractivity contribution is 0.190. The zero-order valence-electron chi connectivity index (χ0n) is 5.32. The Labute approximate surface area is 62.5 Å². The van der Waals surface area contributed by atoms with E-state index in [2.05, 4.69) is 4.98 Å². The number of nitrogens with two attached hydrogens (primary N) is 2. The number of thiazole rings is 1. The van der Waals surface area contributed by atoms with E-state index >= 15 is 0 Å². The molecule has 1 rings (SSSR count). The second kappa shape index (κ2) is 2.96. The maximum atomic E-state index is 9.13. The molecular formula is C5H9N3OS. The SMILES string of the molecule is NCC(O)c1cnc(N)s1. The molecule has 0 saturated carbocycles. The average Bonchev–Trinajstić information content (AvgIpc) is 2.34. The topological polar surface area (TPSA) is 85.2 Å². The Kier molecular flexibility index (Phi) is 2.21. The number of hydrogen-bond donors (Lipinski definition) is 3. The molecule has 0 aliphatic carbocycles. The van der Waals surface area contributed by atoms with E-state index in [-0.39, 0.29) is 6.54 Å². The van der Waals surface area contributed by atoms with Gasteiger partial charge in [-0.05, 0) is 0 Å². The highest BCUT2D eigenvalue weighted by Gasteiger charge is 2.07. The van der Waals surface area contributed by atoms with Crippen molar-refractivity contribution < 1.29 is 5.11 Å². The van der Waals surface area contributed by atoms with Gasteiger partial charge in [-0.1, -0.05) is 11.3 Å². The Balaban J connectivity index is 2.74. The minimum atomic E-state index is -0.616. The van der Waals surface area contributed by atoms with Gasteiger partial charge in [0.05, 0.1) is 4.88 Å². The number of nitrogen functional groups attached to an aromatic ring is 1. The van der Waals surface area contributed by atoms with Gasteiger partial charge in [-0.2, -0.15) is 0 Å². The highest BCUT2D eigenvalue weighted by molar-refractivity contribution is 7.15. The molecule has 0 fully saturated rings. The van der Waals surface area contributed by atoms with E-state index in [1.165, 1.54) is 17.5 Å². The van der Waals surface area contributed by atoms with Gasteiger partial charge in [0.15, 0.2) is 5.13 Å². The second-order valence-electron chi connectivity index (χ2n) is 1.85. The fourth-order valence-corrected chi connectivity index (χ4v) is 1.26. The van der Waals surface area contributed by atoms with Crippen molar-refractivity contribution in [3.8, 4) is 0 Å². The Morgan fingerprint density at radius 1 is 1.80 bits per heavy atom. The fraction of sp³-hybridized carbons (Fsp3) is 0.400. The molecule has 1 atom stereocenters. The fourth-order valence-electron chi connectivity index (χ4n) is 0.571. The summed E-state index contributed by atoms with van der Waals surface area (Å²) in [4.78, 5) is 4.49. The van der Waals surface area contributed by atoms with Gasteiger partial charge in [-0.15, -0.1) is 0 Å². The number of anilines is 1. The molecule has 0 saturated heterocycles. The summed E-state index contributed by atoms with van der Waals surface area (Å²) in [5, 5.41) is 9.59. The van der Waals surface area contributed by atoms with Crippen molar-refractivity contribution in [2.75, 3.05) is 12.3 Å². The van der Waals surface area contributed by atoms with Crippen LogP contribution < -0.4 is 11.5 Å². The maximum absolute atomic E-state index is 9.13. The maximum Gasteiger partial charge on any atom is 0.180 e. The van der Waals surface area contributed by atoms with E-state index in [1.807, 2.05) is 0 Å². The van der Waals surface area contributed by atoms with Crippen LogP contribution >= 0.6 is 11.3 Å². The first-order valence-electron chi connectivity index (χ1n) is 2.83. The first kappa shape index (κ1) is 7.46. The van der Waals surface area contributed by atoms with Gasteiger partial charge in [-0.3, -0.25) is 0 Å². The molecule has 0 bridgehead atoms. The molecule has 0 radical (unpaired) electrons.